The maximum atomic E-state index is 13.5. The largest absolute Gasteiger partial charge is 0.342 e. The molecule has 150 valence electrons. The second-order valence-electron chi connectivity index (χ2n) is 7.93. The van der Waals surface area contributed by atoms with Crippen LogP contribution in [0.15, 0.2) is 54.6 Å². The van der Waals surface area contributed by atoms with Crippen molar-refractivity contribution in [3.05, 3.63) is 65.7 Å². The van der Waals surface area contributed by atoms with Gasteiger partial charge in [0, 0.05) is 39.3 Å². The molecule has 1 saturated heterocycles. The van der Waals surface area contributed by atoms with Gasteiger partial charge < -0.3 is 14.7 Å². The molecule has 1 atom stereocenters. The summed E-state index contributed by atoms with van der Waals surface area (Å²) >= 11 is 0. The molecule has 0 saturated carbocycles. The fraction of sp³-hybridized carbons (Fsp3) is 0.348. The number of fused-ring (bicyclic) bond motifs is 1. The summed E-state index contributed by atoms with van der Waals surface area (Å²) in [6, 6.07) is 17.5. The Hall–Kier alpha value is -3.15. The summed E-state index contributed by atoms with van der Waals surface area (Å²) in [6.45, 7) is 1.08. The average molecular weight is 391 g/mol. The van der Waals surface area contributed by atoms with Crippen LogP contribution in [0.1, 0.15) is 17.5 Å². The van der Waals surface area contributed by atoms with Gasteiger partial charge in [-0.15, -0.1) is 0 Å². The standard InChI is InChI=1S/C23H25N3O3/c1-24-12-13-26(16-21(24)28)20(27)15-23(14-17-8-4-3-5-9-17)18-10-6-7-11-19(18)25(2)22(23)29/h3-11H,12-16H2,1-2H3/t23-/m0/s1. The number of rotatable bonds is 4. The number of para-hydroxylation sites is 1. The molecule has 4 rings (SSSR count). The Morgan fingerprint density at radius 3 is 2.38 bits per heavy atom. The lowest BCUT2D eigenvalue weighted by atomic mass is 9.73. The van der Waals surface area contributed by atoms with Crippen LogP contribution in [0, 0.1) is 0 Å². The van der Waals surface area contributed by atoms with Gasteiger partial charge >= 0.3 is 0 Å². The third-order valence-electron chi connectivity index (χ3n) is 6.11. The molecule has 0 aliphatic carbocycles. The summed E-state index contributed by atoms with van der Waals surface area (Å²) in [6.07, 6.45) is 0.501. The number of carbonyl (C=O) groups is 3. The van der Waals surface area contributed by atoms with Crippen LogP contribution in [0.5, 0.6) is 0 Å². The molecule has 6 nitrogen and oxygen atoms in total. The molecule has 0 spiro atoms. The van der Waals surface area contributed by atoms with Gasteiger partial charge in [-0.25, -0.2) is 0 Å². The van der Waals surface area contributed by atoms with E-state index in [1.165, 1.54) is 0 Å². The van der Waals surface area contributed by atoms with E-state index in [4.69, 9.17) is 0 Å². The van der Waals surface area contributed by atoms with E-state index in [9.17, 15) is 14.4 Å². The van der Waals surface area contributed by atoms with Crippen molar-refractivity contribution in [3.63, 3.8) is 0 Å². The zero-order chi connectivity index (χ0) is 20.6. The first-order valence-electron chi connectivity index (χ1n) is 9.86. The average Bonchev–Trinajstić information content (AvgIpc) is 2.93. The van der Waals surface area contributed by atoms with Crippen molar-refractivity contribution >= 4 is 23.4 Å². The van der Waals surface area contributed by atoms with E-state index < -0.39 is 5.41 Å². The van der Waals surface area contributed by atoms with Gasteiger partial charge in [0.15, 0.2) is 0 Å². The van der Waals surface area contributed by atoms with E-state index in [-0.39, 0.29) is 30.7 Å². The zero-order valence-corrected chi connectivity index (χ0v) is 16.8. The highest BCUT2D eigenvalue weighted by Gasteiger charge is 2.51. The molecule has 2 aliphatic heterocycles. The molecule has 29 heavy (non-hydrogen) atoms. The molecule has 0 radical (unpaired) electrons. The SMILES string of the molecule is CN1CCN(C(=O)C[C@]2(Cc3ccccc3)C(=O)N(C)c3ccccc32)CC1=O. The number of nitrogens with zero attached hydrogens (tertiary/aromatic N) is 3. The van der Waals surface area contributed by atoms with Gasteiger partial charge in [-0.05, 0) is 23.6 Å². The van der Waals surface area contributed by atoms with Gasteiger partial charge in [0.05, 0.1) is 12.0 Å². The third-order valence-corrected chi connectivity index (χ3v) is 6.11. The number of piperazine rings is 1. The smallest absolute Gasteiger partial charge is 0.241 e. The van der Waals surface area contributed by atoms with Gasteiger partial charge in [0.2, 0.25) is 17.7 Å². The van der Waals surface area contributed by atoms with E-state index in [2.05, 4.69) is 0 Å². The van der Waals surface area contributed by atoms with Crippen LogP contribution < -0.4 is 4.90 Å². The second kappa shape index (κ2) is 7.35. The molecule has 0 N–H and O–H groups in total. The van der Waals surface area contributed by atoms with Crippen LogP contribution in [0.2, 0.25) is 0 Å². The predicted octanol–water partition coefficient (Wildman–Crippen LogP) is 1.83. The van der Waals surface area contributed by atoms with Gasteiger partial charge in [0.1, 0.15) is 0 Å². The summed E-state index contributed by atoms with van der Waals surface area (Å²) < 4.78 is 0. The van der Waals surface area contributed by atoms with E-state index in [1.54, 1.807) is 28.8 Å². The number of hydrogen-bond donors (Lipinski definition) is 0. The Morgan fingerprint density at radius 1 is 0.966 bits per heavy atom. The van der Waals surface area contributed by atoms with Crippen molar-refractivity contribution < 1.29 is 14.4 Å². The van der Waals surface area contributed by atoms with Gasteiger partial charge in [-0.3, -0.25) is 14.4 Å². The van der Waals surface area contributed by atoms with Crippen LogP contribution in [0.4, 0.5) is 5.69 Å². The Kier molecular flexibility index (Phi) is 4.86. The normalized spacial score (nSPS) is 21.5. The molecule has 3 amide bonds. The topological polar surface area (TPSA) is 60.9 Å². The van der Waals surface area contributed by atoms with E-state index in [1.807, 2.05) is 54.6 Å². The van der Waals surface area contributed by atoms with Crippen LogP contribution >= 0.6 is 0 Å². The maximum absolute atomic E-state index is 13.5. The van der Waals surface area contributed by atoms with Crippen LogP contribution in [0.3, 0.4) is 0 Å². The molecule has 2 aromatic rings. The van der Waals surface area contributed by atoms with Crippen molar-refractivity contribution in [3.8, 4) is 0 Å². The fourth-order valence-electron chi connectivity index (χ4n) is 4.41. The van der Waals surface area contributed by atoms with Gasteiger partial charge in [-0.2, -0.15) is 0 Å². The minimum atomic E-state index is -0.962. The highest BCUT2D eigenvalue weighted by molar-refractivity contribution is 6.10. The lowest BCUT2D eigenvalue weighted by Gasteiger charge is -2.35. The number of anilines is 1. The molecule has 2 aliphatic rings. The van der Waals surface area contributed by atoms with Crippen molar-refractivity contribution in [2.24, 2.45) is 0 Å². The number of carbonyl (C=O) groups excluding carboxylic acids is 3. The van der Waals surface area contributed by atoms with E-state index in [0.29, 0.717) is 19.5 Å². The van der Waals surface area contributed by atoms with Gasteiger partial charge in [-0.1, -0.05) is 48.5 Å². The molecule has 0 bridgehead atoms. The van der Waals surface area contributed by atoms with E-state index in [0.717, 1.165) is 16.8 Å². The van der Waals surface area contributed by atoms with Crippen LogP contribution in [0.25, 0.3) is 0 Å². The first kappa shape index (κ1) is 19.2. The molecule has 0 aromatic heterocycles. The van der Waals surface area contributed by atoms with Crippen LogP contribution in [-0.4, -0.2) is 61.3 Å². The molecule has 6 heteroatoms. The number of hydrogen-bond acceptors (Lipinski definition) is 3. The lowest BCUT2D eigenvalue weighted by molar-refractivity contribution is -0.145. The molecular formula is C23H25N3O3. The highest BCUT2D eigenvalue weighted by atomic mass is 16.2. The molecule has 2 aromatic carbocycles. The number of benzene rings is 2. The summed E-state index contributed by atoms with van der Waals surface area (Å²) in [4.78, 5) is 43.7. The summed E-state index contributed by atoms with van der Waals surface area (Å²) in [5.41, 5.74) is 1.77. The molecule has 0 unspecified atom stereocenters. The van der Waals surface area contributed by atoms with E-state index >= 15 is 0 Å². The minimum Gasteiger partial charge on any atom is -0.342 e. The molecule has 2 heterocycles. The zero-order valence-electron chi connectivity index (χ0n) is 16.8. The number of amides is 3. The van der Waals surface area contributed by atoms with Crippen molar-refractivity contribution in [2.75, 3.05) is 38.6 Å². The Bertz CT molecular complexity index is 959. The highest BCUT2D eigenvalue weighted by Crippen LogP contribution is 2.45. The van der Waals surface area contributed by atoms with Crippen molar-refractivity contribution in [1.82, 2.24) is 9.80 Å². The maximum Gasteiger partial charge on any atom is 0.241 e. The monoisotopic (exact) mass is 391 g/mol. The minimum absolute atomic E-state index is 0.0546. The van der Waals surface area contributed by atoms with Gasteiger partial charge in [0.25, 0.3) is 0 Å². The lowest BCUT2D eigenvalue weighted by Crippen LogP contribution is -2.53. The fourth-order valence-corrected chi connectivity index (χ4v) is 4.41. The third kappa shape index (κ3) is 3.28. The first-order valence-corrected chi connectivity index (χ1v) is 9.86. The summed E-state index contributed by atoms with van der Waals surface area (Å²) in [5.74, 6) is -0.297. The Balaban J connectivity index is 1.71. The Labute approximate surface area is 170 Å². The number of likely N-dealkylation sites (N-methyl/N-ethyl adjacent to an activating group) is 2. The molecular weight excluding hydrogens is 366 g/mol. The predicted molar refractivity (Wildman–Crippen MR) is 111 cm³/mol. The quantitative estimate of drug-likeness (QED) is 0.799. The van der Waals surface area contributed by atoms with Crippen LogP contribution in [-0.2, 0) is 26.2 Å². The van der Waals surface area contributed by atoms with Crippen molar-refractivity contribution in [1.29, 1.82) is 0 Å². The summed E-state index contributed by atoms with van der Waals surface area (Å²) in [7, 11) is 3.50. The second-order valence-corrected chi connectivity index (χ2v) is 7.93. The van der Waals surface area contributed by atoms with Crippen molar-refractivity contribution in [2.45, 2.75) is 18.3 Å². The summed E-state index contributed by atoms with van der Waals surface area (Å²) in [5, 5.41) is 0. The molecule has 1 fully saturated rings. The Morgan fingerprint density at radius 2 is 1.66 bits per heavy atom. The first-order chi connectivity index (χ1) is 13.9.